The highest BCUT2D eigenvalue weighted by Crippen LogP contribution is 2.50. The molecule has 0 saturated heterocycles. The van der Waals surface area contributed by atoms with Crippen LogP contribution in [0.2, 0.25) is 5.15 Å². The second kappa shape index (κ2) is 4.36. The van der Waals surface area contributed by atoms with Crippen LogP contribution in [0.4, 0.5) is 8.78 Å². The van der Waals surface area contributed by atoms with E-state index in [1.807, 2.05) is 13.0 Å². The van der Waals surface area contributed by atoms with E-state index in [2.05, 4.69) is 4.98 Å². The van der Waals surface area contributed by atoms with Gasteiger partial charge in [0.25, 0.3) is 0 Å². The van der Waals surface area contributed by atoms with Gasteiger partial charge in [-0.05, 0) is 24.6 Å². The van der Waals surface area contributed by atoms with Gasteiger partial charge in [0.2, 0.25) is 5.92 Å². The summed E-state index contributed by atoms with van der Waals surface area (Å²) in [6, 6.07) is 3.54. The summed E-state index contributed by atoms with van der Waals surface area (Å²) in [6.07, 6.45) is -1.32. The van der Waals surface area contributed by atoms with Gasteiger partial charge in [-0.25, -0.2) is 13.8 Å². The Morgan fingerprint density at radius 1 is 1.47 bits per heavy atom. The van der Waals surface area contributed by atoms with E-state index in [4.69, 9.17) is 11.6 Å². The fourth-order valence-electron chi connectivity index (χ4n) is 2.52. The standard InChI is InChI=1S/C13H12ClF2NOS/c1-6-8-2-3-9(14)17-12(8)19-11(6)10(18)7-4-13(15,16)5-7/h2-3,7,10,18H,4-5H2,1H3. The van der Waals surface area contributed by atoms with Gasteiger partial charge < -0.3 is 5.11 Å². The van der Waals surface area contributed by atoms with Crippen molar-refractivity contribution < 1.29 is 13.9 Å². The molecule has 0 amide bonds. The first kappa shape index (κ1) is 13.2. The van der Waals surface area contributed by atoms with Crippen LogP contribution < -0.4 is 0 Å². The Morgan fingerprint density at radius 2 is 2.16 bits per heavy atom. The summed E-state index contributed by atoms with van der Waals surface area (Å²) in [4.78, 5) is 5.66. The molecule has 6 heteroatoms. The number of aryl methyl sites for hydroxylation is 1. The Balaban J connectivity index is 1.95. The van der Waals surface area contributed by atoms with Crippen LogP contribution in [-0.4, -0.2) is 16.0 Å². The number of aliphatic hydroxyl groups is 1. The first-order valence-electron chi connectivity index (χ1n) is 5.99. The second-order valence-corrected chi connectivity index (χ2v) is 6.47. The zero-order valence-corrected chi connectivity index (χ0v) is 11.7. The number of nitrogens with zero attached hydrogens (tertiary/aromatic N) is 1. The molecule has 0 spiro atoms. The van der Waals surface area contributed by atoms with Gasteiger partial charge in [-0.1, -0.05) is 11.6 Å². The Morgan fingerprint density at radius 3 is 2.79 bits per heavy atom. The molecule has 0 aliphatic heterocycles. The molecule has 1 N–H and O–H groups in total. The molecule has 2 aromatic rings. The quantitative estimate of drug-likeness (QED) is 0.837. The van der Waals surface area contributed by atoms with Crippen molar-refractivity contribution in [3.8, 4) is 0 Å². The highest BCUT2D eigenvalue weighted by Gasteiger charge is 2.49. The summed E-state index contributed by atoms with van der Waals surface area (Å²) in [5.74, 6) is -2.98. The number of pyridine rings is 1. The summed E-state index contributed by atoms with van der Waals surface area (Å²) in [7, 11) is 0. The Labute approximate surface area is 118 Å². The van der Waals surface area contributed by atoms with E-state index in [1.165, 1.54) is 11.3 Å². The summed E-state index contributed by atoms with van der Waals surface area (Å²) < 4.78 is 25.8. The average Bonchev–Trinajstić information content (AvgIpc) is 2.62. The number of fused-ring (bicyclic) bond motifs is 1. The molecule has 1 aliphatic carbocycles. The third-order valence-electron chi connectivity index (χ3n) is 3.64. The number of hydrogen-bond acceptors (Lipinski definition) is 3. The maximum absolute atomic E-state index is 12.9. The molecule has 0 aromatic carbocycles. The Kier molecular flexibility index (Phi) is 3.04. The molecule has 1 atom stereocenters. The van der Waals surface area contributed by atoms with Crippen molar-refractivity contribution >= 4 is 33.2 Å². The minimum atomic E-state index is -2.61. The highest BCUT2D eigenvalue weighted by molar-refractivity contribution is 7.18. The van der Waals surface area contributed by atoms with E-state index < -0.39 is 12.0 Å². The van der Waals surface area contributed by atoms with Gasteiger partial charge in [-0.3, -0.25) is 0 Å². The molecule has 2 aromatic heterocycles. The number of alkyl halides is 2. The summed E-state index contributed by atoms with van der Waals surface area (Å²) in [5, 5.41) is 11.6. The first-order chi connectivity index (χ1) is 8.87. The van der Waals surface area contributed by atoms with Crippen molar-refractivity contribution in [3.63, 3.8) is 0 Å². The minimum absolute atomic E-state index is 0.240. The molecule has 1 fully saturated rings. The molecule has 1 aliphatic rings. The van der Waals surface area contributed by atoms with Gasteiger partial charge in [0.05, 0.1) is 6.10 Å². The largest absolute Gasteiger partial charge is 0.387 e. The maximum atomic E-state index is 12.9. The number of halogens is 3. The van der Waals surface area contributed by atoms with Gasteiger partial charge in [0.15, 0.2) is 0 Å². The molecular weight excluding hydrogens is 292 g/mol. The van der Waals surface area contributed by atoms with Crippen LogP contribution in [0.3, 0.4) is 0 Å². The lowest BCUT2D eigenvalue weighted by molar-refractivity contribution is -0.141. The number of hydrogen-bond donors (Lipinski definition) is 1. The van der Waals surface area contributed by atoms with Crippen molar-refractivity contribution in [3.05, 3.63) is 27.7 Å². The predicted molar refractivity (Wildman–Crippen MR) is 72.0 cm³/mol. The van der Waals surface area contributed by atoms with Gasteiger partial charge in [0.1, 0.15) is 9.98 Å². The zero-order chi connectivity index (χ0) is 13.8. The van der Waals surface area contributed by atoms with Gasteiger partial charge in [-0.15, -0.1) is 11.3 Å². The fraction of sp³-hybridized carbons (Fsp3) is 0.462. The fourth-order valence-corrected chi connectivity index (χ4v) is 3.98. The van der Waals surface area contributed by atoms with Gasteiger partial charge in [0, 0.05) is 29.0 Å². The molecule has 1 unspecified atom stereocenters. The number of aromatic nitrogens is 1. The van der Waals surface area contributed by atoms with E-state index in [9.17, 15) is 13.9 Å². The predicted octanol–water partition coefficient (Wildman–Crippen LogP) is 4.34. The normalized spacial score (nSPS) is 20.5. The molecule has 0 radical (unpaired) electrons. The van der Waals surface area contributed by atoms with Crippen molar-refractivity contribution in [1.29, 1.82) is 0 Å². The van der Waals surface area contributed by atoms with Crippen LogP contribution in [0, 0.1) is 12.8 Å². The molecule has 2 heterocycles. The van der Waals surface area contributed by atoms with Crippen LogP contribution in [0.1, 0.15) is 29.4 Å². The highest BCUT2D eigenvalue weighted by atomic mass is 35.5. The molecule has 19 heavy (non-hydrogen) atoms. The maximum Gasteiger partial charge on any atom is 0.248 e. The zero-order valence-electron chi connectivity index (χ0n) is 10.2. The smallest absolute Gasteiger partial charge is 0.248 e. The van der Waals surface area contributed by atoms with Crippen molar-refractivity contribution in [2.24, 2.45) is 5.92 Å². The van der Waals surface area contributed by atoms with E-state index in [0.29, 0.717) is 5.15 Å². The number of rotatable bonds is 2. The third-order valence-corrected chi connectivity index (χ3v) is 5.13. The Hall–Kier alpha value is -0.780. The molecule has 2 nitrogen and oxygen atoms in total. The van der Waals surface area contributed by atoms with Crippen molar-refractivity contribution in [2.75, 3.05) is 0 Å². The second-order valence-electron chi connectivity index (χ2n) is 5.05. The van der Waals surface area contributed by atoms with Crippen LogP contribution >= 0.6 is 22.9 Å². The number of aliphatic hydroxyl groups excluding tert-OH is 1. The van der Waals surface area contributed by atoms with Gasteiger partial charge >= 0.3 is 0 Å². The molecule has 102 valence electrons. The Bertz CT molecular complexity index is 635. The lowest BCUT2D eigenvalue weighted by Gasteiger charge is -2.37. The van der Waals surface area contributed by atoms with E-state index in [0.717, 1.165) is 20.7 Å². The lowest BCUT2D eigenvalue weighted by Crippen LogP contribution is -2.38. The molecular formula is C13H12ClF2NOS. The van der Waals surface area contributed by atoms with Crippen LogP contribution in [0.25, 0.3) is 10.2 Å². The topological polar surface area (TPSA) is 33.1 Å². The number of thiophene rings is 1. The first-order valence-corrected chi connectivity index (χ1v) is 7.18. The SMILES string of the molecule is Cc1c(C(O)C2CC(F)(F)C2)sc2nc(Cl)ccc12. The molecule has 1 saturated carbocycles. The van der Waals surface area contributed by atoms with Crippen LogP contribution in [0.15, 0.2) is 12.1 Å². The van der Waals surface area contributed by atoms with Gasteiger partial charge in [-0.2, -0.15) is 0 Å². The lowest BCUT2D eigenvalue weighted by atomic mass is 9.77. The van der Waals surface area contributed by atoms with Crippen LogP contribution in [0.5, 0.6) is 0 Å². The van der Waals surface area contributed by atoms with Crippen molar-refractivity contribution in [1.82, 2.24) is 4.98 Å². The molecule has 0 bridgehead atoms. The minimum Gasteiger partial charge on any atom is -0.387 e. The molecule has 3 rings (SSSR count). The summed E-state index contributed by atoms with van der Waals surface area (Å²) in [6.45, 7) is 1.88. The summed E-state index contributed by atoms with van der Waals surface area (Å²) in [5.41, 5.74) is 0.909. The van der Waals surface area contributed by atoms with E-state index in [1.54, 1.807) is 6.07 Å². The van der Waals surface area contributed by atoms with Crippen molar-refractivity contribution in [2.45, 2.75) is 31.8 Å². The summed E-state index contributed by atoms with van der Waals surface area (Å²) >= 11 is 7.17. The van der Waals surface area contributed by atoms with E-state index >= 15 is 0 Å². The monoisotopic (exact) mass is 303 g/mol. The van der Waals surface area contributed by atoms with Crippen LogP contribution in [-0.2, 0) is 0 Å². The average molecular weight is 304 g/mol. The van der Waals surface area contributed by atoms with E-state index in [-0.39, 0.29) is 18.8 Å². The third kappa shape index (κ3) is 2.24.